The van der Waals surface area contributed by atoms with Crippen molar-refractivity contribution in [2.75, 3.05) is 0 Å². The number of benzene rings is 19. The van der Waals surface area contributed by atoms with Crippen LogP contribution in [0.15, 0.2) is 449 Å². The fraction of sp³-hybridized carbons (Fsp3) is 0.0714. The van der Waals surface area contributed by atoms with Gasteiger partial charge in [-0.1, -0.05) is 393 Å². The molecule has 626 valence electrons. The summed E-state index contributed by atoms with van der Waals surface area (Å²) in [5, 5.41) is 7.75. The van der Waals surface area contributed by atoms with Crippen molar-refractivity contribution < 1.29 is 0 Å². The topological polar surface area (TPSA) is 53.5 Å². The first-order valence-corrected chi connectivity index (χ1v) is 45.9. The average molecular weight is 1690 g/mol. The Bertz CT molecular complexity index is 8390. The van der Waals surface area contributed by atoms with E-state index in [1.807, 2.05) is 60.7 Å². The van der Waals surface area contributed by atoms with Gasteiger partial charge in [0, 0.05) is 82.3 Å². The van der Waals surface area contributed by atoms with Crippen LogP contribution in [0.1, 0.15) is 74.9 Å². The number of hydrogen-bond acceptors (Lipinski definition) is 3. The zero-order valence-corrected chi connectivity index (χ0v) is 74.4. The summed E-state index contributed by atoms with van der Waals surface area (Å²) in [5.74, 6) is 1.96. The second-order valence-electron chi connectivity index (χ2n) is 36.9. The number of nitrogens with zero attached hydrogens (tertiary/aromatic N) is 6. The van der Waals surface area contributed by atoms with Gasteiger partial charge >= 0.3 is 0 Å². The smallest absolute Gasteiger partial charge is 0.164 e. The van der Waals surface area contributed by atoms with Crippen LogP contribution >= 0.6 is 0 Å². The molecule has 0 unspecified atom stereocenters. The predicted octanol–water partition coefficient (Wildman–Crippen LogP) is 32.8. The van der Waals surface area contributed by atoms with E-state index < -0.39 is 0 Å². The largest absolute Gasteiger partial charge is 0.309 e. The molecule has 4 aromatic heterocycles. The van der Waals surface area contributed by atoms with E-state index >= 15 is 0 Å². The number of hydrogen-bond donors (Lipinski definition) is 0. The molecule has 0 amide bonds. The normalized spacial score (nSPS) is 13.3. The first-order chi connectivity index (χ1) is 64.7. The van der Waals surface area contributed by atoms with Crippen LogP contribution in [0.5, 0.6) is 0 Å². The molecule has 0 saturated carbocycles. The van der Waals surface area contributed by atoms with Crippen LogP contribution in [0.4, 0.5) is 0 Å². The molecule has 23 aromatic rings. The highest BCUT2D eigenvalue weighted by molar-refractivity contribution is 6.19. The molecular formula is C126H92N6. The Kier molecular flexibility index (Phi) is 18.9. The average Bonchev–Trinajstić information content (AvgIpc) is 1.54. The van der Waals surface area contributed by atoms with Crippen LogP contribution in [0.2, 0.25) is 0 Å². The van der Waals surface area contributed by atoms with Gasteiger partial charge in [-0.3, -0.25) is 0 Å². The van der Waals surface area contributed by atoms with Gasteiger partial charge in [0.1, 0.15) is 0 Å². The molecule has 3 aliphatic rings. The Morgan fingerprint density at radius 2 is 0.538 bits per heavy atom. The molecule has 0 fully saturated rings. The highest BCUT2D eigenvalue weighted by atomic mass is 15.0. The van der Waals surface area contributed by atoms with Crippen molar-refractivity contribution in [2.24, 2.45) is 0 Å². The molecule has 0 spiro atoms. The van der Waals surface area contributed by atoms with Gasteiger partial charge in [-0.2, -0.15) is 0 Å². The monoisotopic (exact) mass is 1690 g/mol. The van der Waals surface area contributed by atoms with Crippen molar-refractivity contribution in [3.8, 4) is 140 Å². The molecule has 19 aromatic carbocycles. The van der Waals surface area contributed by atoms with E-state index in [2.05, 4.69) is 443 Å². The first kappa shape index (κ1) is 79.0. The van der Waals surface area contributed by atoms with Gasteiger partial charge in [0.25, 0.3) is 0 Å². The van der Waals surface area contributed by atoms with E-state index in [0.717, 1.165) is 22.4 Å². The van der Waals surface area contributed by atoms with Gasteiger partial charge in [0.15, 0.2) is 17.5 Å². The fourth-order valence-electron chi connectivity index (χ4n) is 21.8. The molecule has 132 heavy (non-hydrogen) atoms. The van der Waals surface area contributed by atoms with E-state index in [0.29, 0.717) is 17.5 Å². The van der Waals surface area contributed by atoms with Crippen molar-refractivity contribution in [3.05, 3.63) is 482 Å². The van der Waals surface area contributed by atoms with Crippen molar-refractivity contribution in [1.82, 2.24) is 28.7 Å². The third-order valence-electron chi connectivity index (χ3n) is 28.2. The van der Waals surface area contributed by atoms with E-state index in [1.165, 1.54) is 199 Å². The lowest BCUT2D eigenvalue weighted by molar-refractivity contribution is 0.661. The lowest BCUT2D eigenvalue weighted by atomic mass is 9.81. The van der Waals surface area contributed by atoms with E-state index in [9.17, 15) is 0 Å². The van der Waals surface area contributed by atoms with Crippen molar-refractivity contribution in [3.63, 3.8) is 0 Å². The van der Waals surface area contributed by atoms with Gasteiger partial charge in [0.2, 0.25) is 0 Å². The van der Waals surface area contributed by atoms with Crippen LogP contribution in [-0.2, 0) is 16.2 Å². The maximum atomic E-state index is 5.02. The standard InChI is InChI=1S/C45H33N.C42H30N4.C39H29N/c1-45(2)41-22-11-9-20-37(41)39-29-44-40(28-42(39)45)38-21-10-12-23-43(38)46(44)36-19-13-18-32(27-36)35-25-33(30-14-5-3-6-15-30)24-34(26-35)31-16-7-4-8-17-31;1-42(2)35-22-11-9-20-31(35)33-24-25-34-32-21-10-12-23-36(32)46(38(34)37(33)42)30-19-13-18-29(26-30)41-44-39(27-14-5-3-6-15-27)43-40(45-41)28-16-7-4-8-17-28;1-39(2)33-20-8-6-18-31(33)37-34(39)22-23-36-38(37)32-19-7-9-21-35(32)40(36)30-17-11-16-29(25-30)28-15-10-14-27(24-28)26-12-4-3-5-13-26/h3-29H,1-2H3;3-26H,1-2H3;3-25H,1-2H3. The molecule has 6 heteroatoms. The van der Waals surface area contributed by atoms with Gasteiger partial charge < -0.3 is 13.7 Å². The minimum atomic E-state index is -0.154. The van der Waals surface area contributed by atoms with E-state index in [-0.39, 0.29) is 16.2 Å². The Morgan fingerprint density at radius 1 is 0.182 bits per heavy atom. The second kappa shape index (κ2) is 31.5. The van der Waals surface area contributed by atoms with Gasteiger partial charge in [0.05, 0.1) is 33.1 Å². The SMILES string of the molecule is CC1(C)c2ccccc2-c2c1ccc1c2c2ccccc2n1-c1cccc(-c2cccc(-c3ccccc3)c2)c1.CC1(C)c2ccccc2-c2cc3c(cc21)c1ccccc1n3-c1cccc(-c2cc(-c3ccccc3)cc(-c3ccccc3)c2)c1.CC1(C)c2ccccc2-c2ccc3c4ccccc4n(-c4cccc(-c5nc(-c6ccccc6)nc(-c6ccccc6)n5)c4)c3c21. The summed E-state index contributed by atoms with van der Waals surface area (Å²) in [7, 11) is 0. The lowest BCUT2D eigenvalue weighted by Gasteiger charge is -2.23. The number of fused-ring (bicyclic) bond motifs is 20. The fourth-order valence-corrected chi connectivity index (χ4v) is 21.8. The Labute approximate surface area is 769 Å². The zero-order chi connectivity index (χ0) is 88.5. The summed E-state index contributed by atoms with van der Waals surface area (Å²) < 4.78 is 7.35. The summed E-state index contributed by atoms with van der Waals surface area (Å²) >= 11 is 0. The number of rotatable bonds is 11. The first-order valence-electron chi connectivity index (χ1n) is 45.9. The summed E-state index contributed by atoms with van der Waals surface area (Å²) in [6.45, 7) is 14.2. The Morgan fingerprint density at radius 3 is 1.10 bits per heavy atom. The predicted molar refractivity (Wildman–Crippen MR) is 552 cm³/mol. The summed E-state index contributed by atoms with van der Waals surface area (Å²) in [5.41, 5.74) is 42.1. The maximum Gasteiger partial charge on any atom is 0.164 e. The van der Waals surface area contributed by atoms with Crippen molar-refractivity contribution in [2.45, 2.75) is 57.8 Å². The summed E-state index contributed by atoms with van der Waals surface area (Å²) in [4.78, 5) is 14.9. The third kappa shape index (κ3) is 13.1. The molecule has 0 atom stereocenters. The lowest BCUT2D eigenvalue weighted by Crippen LogP contribution is -2.16. The molecule has 0 N–H and O–H groups in total. The number of aromatic nitrogens is 6. The molecule has 3 aliphatic carbocycles. The van der Waals surface area contributed by atoms with Crippen LogP contribution < -0.4 is 0 Å². The molecule has 0 bridgehead atoms. The summed E-state index contributed by atoms with van der Waals surface area (Å²) in [6.07, 6.45) is 0. The van der Waals surface area contributed by atoms with Gasteiger partial charge in [-0.05, 0) is 219 Å². The maximum absolute atomic E-state index is 5.02. The van der Waals surface area contributed by atoms with Crippen LogP contribution in [0.3, 0.4) is 0 Å². The van der Waals surface area contributed by atoms with Crippen molar-refractivity contribution in [1.29, 1.82) is 0 Å². The molecule has 0 radical (unpaired) electrons. The minimum Gasteiger partial charge on any atom is -0.309 e. The minimum absolute atomic E-state index is 0.0208. The highest BCUT2D eigenvalue weighted by Crippen LogP contribution is 2.57. The molecule has 0 aliphatic heterocycles. The van der Waals surface area contributed by atoms with Crippen LogP contribution in [-0.4, -0.2) is 28.7 Å². The van der Waals surface area contributed by atoms with Gasteiger partial charge in [-0.15, -0.1) is 0 Å². The number of para-hydroxylation sites is 3. The Balaban J connectivity index is 0.000000110. The molecule has 0 saturated heterocycles. The summed E-state index contributed by atoms with van der Waals surface area (Å²) in [6, 6.07) is 162. The van der Waals surface area contributed by atoms with E-state index in [1.54, 1.807) is 0 Å². The van der Waals surface area contributed by atoms with E-state index in [4.69, 9.17) is 15.0 Å². The molecule has 26 rings (SSSR count). The molecule has 4 heterocycles. The zero-order valence-electron chi connectivity index (χ0n) is 74.4. The quantitative estimate of drug-likeness (QED) is 0.130. The molecular weight excluding hydrogens is 1600 g/mol. The highest BCUT2D eigenvalue weighted by Gasteiger charge is 2.41. The Hall–Kier alpha value is -16.4. The van der Waals surface area contributed by atoms with Gasteiger partial charge in [-0.25, -0.2) is 15.0 Å². The van der Waals surface area contributed by atoms with Crippen LogP contribution in [0.25, 0.3) is 206 Å². The van der Waals surface area contributed by atoms with Crippen LogP contribution in [0, 0.1) is 0 Å². The third-order valence-corrected chi connectivity index (χ3v) is 28.2. The molecule has 6 nitrogen and oxygen atoms in total. The second-order valence-corrected chi connectivity index (χ2v) is 36.9. The van der Waals surface area contributed by atoms with Crippen molar-refractivity contribution >= 4 is 65.4 Å².